The summed E-state index contributed by atoms with van der Waals surface area (Å²) in [5, 5.41) is 4.99. The van der Waals surface area contributed by atoms with Crippen LogP contribution in [0.15, 0.2) is 35.5 Å². The number of nitrogens with zero attached hydrogens (tertiary/aromatic N) is 1. The number of benzene rings is 1. The number of alkyl halides is 1. The maximum Gasteiger partial charge on any atom is 0.133 e. The minimum Gasteiger partial charge on any atom is -0.390 e. The van der Waals surface area contributed by atoms with Crippen LogP contribution >= 0.6 is 15.9 Å². The molecule has 0 spiro atoms. The largest absolute Gasteiger partial charge is 0.390 e. The molecular formula is C13H16BrNO. The van der Waals surface area contributed by atoms with E-state index in [0.29, 0.717) is 5.92 Å². The summed E-state index contributed by atoms with van der Waals surface area (Å²) < 4.78 is 0. The van der Waals surface area contributed by atoms with Crippen LogP contribution in [0.4, 0.5) is 0 Å². The molecule has 0 aliphatic carbocycles. The van der Waals surface area contributed by atoms with E-state index in [0.717, 1.165) is 17.5 Å². The van der Waals surface area contributed by atoms with Crippen molar-refractivity contribution in [3.8, 4) is 0 Å². The van der Waals surface area contributed by atoms with E-state index in [1.165, 1.54) is 5.56 Å². The Balaban J connectivity index is 2.31. The van der Waals surface area contributed by atoms with Crippen molar-refractivity contribution in [2.75, 3.05) is 5.33 Å². The van der Waals surface area contributed by atoms with E-state index in [1.807, 2.05) is 6.07 Å². The summed E-state index contributed by atoms with van der Waals surface area (Å²) in [6.45, 7) is 4.16. The Bertz CT molecular complexity index is 386. The standard InChI is InChI=1S/C13H16BrNO/c1-13(2)8-11(12(9-14)15-16-13)10-6-4-3-5-7-10/h3-7,11H,8-9H2,1-2H3/t11-/m0/s1. The minimum atomic E-state index is -0.174. The van der Waals surface area contributed by atoms with E-state index in [9.17, 15) is 0 Å². The van der Waals surface area contributed by atoms with Gasteiger partial charge in [-0.25, -0.2) is 0 Å². The average Bonchev–Trinajstić information content (AvgIpc) is 2.29. The lowest BCUT2D eigenvalue weighted by atomic mass is 9.84. The van der Waals surface area contributed by atoms with Gasteiger partial charge < -0.3 is 4.84 Å². The van der Waals surface area contributed by atoms with Crippen LogP contribution in [-0.2, 0) is 4.84 Å². The summed E-state index contributed by atoms with van der Waals surface area (Å²) in [5.41, 5.74) is 2.22. The molecule has 0 saturated heterocycles. The smallest absolute Gasteiger partial charge is 0.133 e. The van der Waals surface area contributed by atoms with Crippen LogP contribution < -0.4 is 0 Å². The van der Waals surface area contributed by atoms with Gasteiger partial charge in [0, 0.05) is 17.7 Å². The fourth-order valence-corrected chi connectivity index (χ4v) is 2.50. The van der Waals surface area contributed by atoms with Gasteiger partial charge in [-0.2, -0.15) is 0 Å². The predicted molar refractivity (Wildman–Crippen MR) is 70.2 cm³/mol. The third kappa shape index (κ3) is 2.46. The lowest BCUT2D eigenvalue weighted by molar-refractivity contribution is -0.0327. The molecule has 1 heterocycles. The van der Waals surface area contributed by atoms with Gasteiger partial charge in [-0.1, -0.05) is 51.4 Å². The molecule has 0 amide bonds. The van der Waals surface area contributed by atoms with Gasteiger partial charge in [0.2, 0.25) is 0 Å². The number of hydrogen-bond donors (Lipinski definition) is 0. The van der Waals surface area contributed by atoms with Gasteiger partial charge in [0.25, 0.3) is 0 Å². The first-order valence-electron chi connectivity index (χ1n) is 5.48. The number of halogens is 1. The highest BCUT2D eigenvalue weighted by Gasteiger charge is 2.33. The molecular weight excluding hydrogens is 266 g/mol. The SMILES string of the molecule is CC1(C)C[C@@H](c2ccccc2)C(CBr)=NO1. The highest BCUT2D eigenvalue weighted by molar-refractivity contribution is 9.09. The maximum atomic E-state index is 5.48. The van der Waals surface area contributed by atoms with E-state index in [4.69, 9.17) is 4.84 Å². The highest BCUT2D eigenvalue weighted by atomic mass is 79.9. The molecule has 0 N–H and O–H groups in total. The van der Waals surface area contributed by atoms with Gasteiger partial charge in [0.05, 0.1) is 5.71 Å². The minimum absolute atomic E-state index is 0.174. The third-order valence-electron chi connectivity index (χ3n) is 2.85. The zero-order valence-electron chi connectivity index (χ0n) is 9.61. The van der Waals surface area contributed by atoms with Crippen molar-refractivity contribution in [2.45, 2.75) is 31.8 Å². The van der Waals surface area contributed by atoms with Crippen LogP contribution in [-0.4, -0.2) is 16.6 Å². The quantitative estimate of drug-likeness (QED) is 0.757. The fourth-order valence-electron chi connectivity index (χ4n) is 2.01. The second kappa shape index (κ2) is 4.58. The summed E-state index contributed by atoms with van der Waals surface area (Å²) in [4.78, 5) is 5.48. The molecule has 0 bridgehead atoms. The molecule has 1 aliphatic heterocycles. The molecule has 1 aromatic carbocycles. The molecule has 86 valence electrons. The normalized spacial score (nSPS) is 23.4. The number of rotatable bonds is 2. The summed E-state index contributed by atoms with van der Waals surface area (Å²) in [5.74, 6) is 0.365. The van der Waals surface area contributed by atoms with Crippen LogP contribution in [0.3, 0.4) is 0 Å². The van der Waals surface area contributed by atoms with Gasteiger partial charge in [0.1, 0.15) is 5.60 Å². The van der Waals surface area contributed by atoms with Crippen LogP contribution in [0.2, 0.25) is 0 Å². The summed E-state index contributed by atoms with van der Waals surface area (Å²) >= 11 is 3.48. The Morgan fingerprint density at radius 1 is 1.38 bits per heavy atom. The molecule has 1 aliphatic rings. The lowest BCUT2D eigenvalue weighted by Crippen LogP contribution is -2.34. The van der Waals surface area contributed by atoms with Gasteiger partial charge in [-0.15, -0.1) is 0 Å². The van der Waals surface area contributed by atoms with Gasteiger partial charge in [-0.3, -0.25) is 0 Å². The molecule has 0 aromatic heterocycles. The van der Waals surface area contributed by atoms with E-state index in [1.54, 1.807) is 0 Å². The van der Waals surface area contributed by atoms with Gasteiger partial charge in [-0.05, 0) is 19.4 Å². The lowest BCUT2D eigenvalue weighted by Gasteiger charge is -2.33. The van der Waals surface area contributed by atoms with Crippen LogP contribution in [0.5, 0.6) is 0 Å². The fraction of sp³-hybridized carbons (Fsp3) is 0.462. The first kappa shape index (κ1) is 11.6. The van der Waals surface area contributed by atoms with Gasteiger partial charge in [0.15, 0.2) is 0 Å². The molecule has 3 heteroatoms. The molecule has 1 atom stereocenters. The topological polar surface area (TPSA) is 21.6 Å². The first-order valence-corrected chi connectivity index (χ1v) is 6.60. The Morgan fingerprint density at radius 2 is 2.06 bits per heavy atom. The molecule has 1 aromatic rings. The van der Waals surface area contributed by atoms with E-state index in [2.05, 4.69) is 59.2 Å². The Hall–Kier alpha value is -0.830. The molecule has 0 fully saturated rings. The van der Waals surface area contributed by atoms with Crippen LogP contribution in [0.1, 0.15) is 31.7 Å². The third-order valence-corrected chi connectivity index (χ3v) is 3.42. The number of hydrogen-bond acceptors (Lipinski definition) is 2. The van der Waals surface area contributed by atoms with Crippen molar-refractivity contribution in [3.05, 3.63) is 35.9 Å². The first-order chi connectivity index (χ1) is 7.62. The average molecular weight is 282 g/mol. The van der Waals surface area contributed by atoms with Crippen molar-refractivity contribution in [2.24, 2.45) is 5.16 Å². The second-order valence-electron chi connectivity index (χ2n) is 4.73. The van der Waals surface area contributed by atoms with Crippen LogP contribution in [0.25, 0.3) is 0 Å². The van der Waals surface area contributed by atoms with Gasteiger partial charge >= 0.3 is 0 Å². The van der Waals surface area contributed by atoms with Crippen molar-refractivity contribution < 1.29 is 4.84 Å². The van der Waals surface area contributed by atoms with E-state index >= 15 is 0 Å². The molecule has 0 saturated carbocycles. The Kier molecular flexibility index (Phi) is 3.33. The van der Waals surface area contributed by atoms with Crippen molar-refractivity contribution in [1.82, 2.24) is 0 Å². The predicted octanol–water partition coefficient (Wildman–Crippen LogP) is 3.72. The summed E-state index contributed by atoms with van der Waals surface area (Å²) in [6.07, 6.45) is 0.974. The molecule has 0 unspecified atom stereocenters. The zero-order chi connectivity index (χ0) is 11.6. The van der Waals surface area contributed by atoms with E-state index in [-0.39, 0.29) is 5.60 Å². The van der Waals surface area contributed by atoms with E-state index < -0.39 is 0 Å². The van der Waals surface area contributed by atoms with Crippen molar-refractivity contribution in [1.29, 1.82) is 0 Å². The van der Waals surface area contributed by atoms with Crippen molar-refractivity contribution in [3.63, 3.8) is 0 Å². The molecule has 2 rings (SSSR count). The molecule has 2 nitrogen and oxygen atoms in total. The maximum absolute atomic E-state index is 5.48. The summed E-state index contributed by atoms with van der Waals surface area (Å²) in [7, 11) is 0. The monoisotopic (exact) mass is 281 g/mol. The molecule has 16 heavy (non-hydrogen) atoms. The Labute approximate surface area is 105 Å². The second-order valence-corrected chi connectivity index (χ2v) is 5.30. The Morgan fingerprint density at radius 3 is 2.69 bits per heavy atom. The number of oxime groups is 1. The van der Waals surface area contributed by atoms with Crippen LogP contribution in [0, 0.1) is 0 Å². The molecule has 0 radical (unpaired) electrons. The highest BCUT2D eigenvalue weighted by Crippen LogP contribution is 2.34. The summed E-state index contributed by atoms with van der Waals surface area (Å²) in [6, 6.07) is 10.5. The van der Waals surface area contributed by atoms with Crippen molar-refractivity contribution >= 4 is 21.6 Å². The zero-order valence-corrected chi connectivity index (χ0v) is 11.2.